The number of Topliss-reactive ketones (excluding diaryl/α,β-unsaturated/α-hetero) is 1. The summed E-state index contributed by atoms with van der Waals surface area (Å²) in [4.78, 5) is 11.2. The zero-order valence-electron chi connectivity index (χ0n) is 6.23. The molecule has 0 saturated carbocycles. The third kappa shape index (κ3) is 1.03. The Morgan fingerprint density at radius 3 is 2.83 bits per heavy atom. The van der Waals surface area contributed by atoms with Crippen molar-refractivity contribution < 1.29 is 9.18 Å². The highest BCUT2D eigenvalue weighted by molar-refractivity contribution is 6.34. The summed E-state index contributed by atoms with van der Waals surface area (Å²) >= 11 is 5.71. The minimum absolute atomic E-state index is 0.0231. The molecule has 0 bridgehead atoms. The Kier molecular flexibility index (Phi) is 1.65. The standard InChI is InChI=1S/C9H6ClFO/c10-7-4-6(11)3-5-1-2-8(12)9(5)7/h3-4H,1-2H2. The average Bonchev–Trinajstić information content (AvgIpc) is 2.31. The number of hydrogen-bond acceptors (Lipinski definition) is 1. The molecule has 0 aliphatic heterocycles. The van der Waals surface area contributed by atoms with Gasteiger partial charge in [-0.1, -0.05) is 11.6 Å². The van der Waals surface area contributed by atoms with E-state index in [1.54, 1.807) is 0 Å². The first-order valence-electron chi connectivity index (χ1n) is 3.69. The number of carbonyl (C=O) groups excluding carboxylic acids is 1. The average molecular weight is 185 g/mol. The normalized spacial score (nSPS) is 15.0. The Labute approximate surface area is 74.2 Å². The third-order valence-corrected chi connectivity index (χ3v) is 2.34. The highest BCUT2D eigenvalue weighted by Gasteiger charge is 2.22. The quantitative estimate of drug-likeness (QED) is 0.606. The van der Waals surface area contributed by atoms with Crippen molar-refractivity contribution in [2.75, 3.05) is 0 Å². The van der Waals surface area contributed by atoms with Crippen molar-refractivity contribution in [1.29, 1.82) is 0 Å². The van der Waals surface area contributed by atoms with E-state index < -0.39 is 0 Å². The van der Waals surface area contributed by atoms with Gasteiger partial charge in [-0.25, -0.2) is 4.39 Å². The largest absolute Gasteiger partial charge is 0.294 e. The Balaban J connectivity index is 2.68. The maximum absolute atomic E-state index is 12.8. The van der Waals surface area contributed by atoms with Gasteiger partial charge in [-0.2, -0.15) is 0 Å². The lowest BCUT2D eigenvalue weighted by Crippen LogP contribution is -1.93. The van der Waals surface area contributed by atoms with E-state index in [1.165, 1.54) is 12.1 Å². The molecule has 12 heavy (non-hydrogen) atoms. The highest BCUT2D eigenvalue weighted by Crippen LogP contribution is 2.29. The van der Waals surface area contributed by atoms with Crippen molar-refractivity contribution >= 4 is 17.4 Å². The van der Waals surface area contributed by atoms with Crippen LogP contribution in [-0.4, -0.2) is 5.78 Å². The van der Waals surface area contributed by atoms with Crippen LogP contribution in [0.2, 0.25) is 5.02 Å². The molecule has 0 aromatic heterocycles. The summed E-state index contributed by atoms with van der Waals surface area (Å²) in [5, 5.41) is 0.243. The van der Waals surface area contributed by atoms with Gasteiger partial charge in [0, 0.05) is 12.0 Å². The van der Waals surface area contributed by atoms with Gasteiger partial charge in [0.1, 0.15) is 5.82 Å². The maximum atomic E-state index is 12.8. The molecule has 0 amide bonds. The molecule has 2 rings (SSSR count). The van der Waals surface area contributed by atoms with E-state index in [9.17, 15) is 9.18 Å². The number of ketones is 1. The number of carbonyl (C=O) groups is 1. The molecule has 1 aliphatic carbocycles. The summed E-state index contributed by atoms with van der Waals surface area (Å²) in [7, 11) is 0. The van der Waals surface area contributed by atoms with Gasteiger partial charge in [0.05, 0.1) is 5.02 Å². The molecule has 0 fully saturated rings. The minimum Gasteiger partial charge on any atom is -0.294 e. The smallest absolute Gasteiger partial charge is 0.164 e. The molecule has 1 aromatic carbocycles. The molecule has 0 unspecified atom stereocenters. The van der Waals surface area contributed by atoms with Crippen LogP contribution in [0.5, 0.6) is 0 Å². The van der Waals surface area contributed by atoms with Crippen LogP contribution in [0, 0.1) is 5.82 Å². The number of benzene rings is 1. The predicted octanol–water partition coefficient (Wildman–Crippen LogP) is 2.61. The summed E-state index contributed by atoms with van der Waals surface area (Å²) in [5.41, 5.74) is 1.25. The van der Waals surface area contributed by atoms with Gasteiger partial charge in [-0.05, 0) is 24.1 Å². The van der Waals surface area contributed by atoms with Gasteiger partial charge in [-0.15, -0.1) is 0 Å². The SMILES string of the molecule is O=C1CCc2cc(F)cc(Cl)c21. The molecule has 0 heterocycles. The topological polar surface area (TPSA) is 17.1 Å². The Morgan fingerprint density at radius 2 is 2.08 bits per heavy atom. The molecular formula is C9H6ClFO. The van der Waals surface area contributed by atoms with E-state index in [1.807, 2.05) is 0 Å². The second-order valence-corrected chi connectivity index (χ2v) is 3.25. The van der Waals surface area contributed by atoms with Gasteiger partial charge in [0.25, 0.3) is 0 Å². The molecule has 0 radical (unpaired) electrons. The van der Waals surface area contributed by atoms with Crippen LogP contribution in [0.15, 0.2) is 12.1 Å². The Bertz CT molecular complexity index is 360. The zero-order chi connectivity index (χ0) is 8.72. The molecule has 0 saturated heterocycles. The molecule has 1 aromatic rings. The highest BCUT2D eigenvalue weighted by atomic mass is 35.5. The van der Waals surface area contributed by atoms with Crippen LogP contribution in [0.1, 0.15) is 22.3 Å². The van der Waals surface area contributed by atoms with Crippen molar-refractivity contribution in [2.24, 2.45) is 0 Å². The molecule has 0 spiro atoms. The van der Waals surface area contributed by atoms with Crippen molar-refractivity contribution in [3.05, 3.63) is 34.1 Å². The van der Waals surface area contributed by atoms with E-state index in [-0.39, 0.29) is 16.6 Å². The predicted molar refractivity (Wildman–Crippen MR) is 44.1 cm³/mol. The first kappa shape index (κ1) is 7.74. The van der Waals surface area contributed by atoms with E-state index in [2.05, 4.69) is 0 Å². The fourth-order valence-corrected chi connectivity index (χ4v) is 1.84. The van der Waals surface area contributed by atoms with E-state index in [4.69, 9.17) is 11.6 Å². The second-order valence-electron chi connectivity index (χ2n) is 2.84. The zero-order valence-corrected chi connectivity index (χ0v) is 6.99. The number of halogens is 2. The van der Waals surface area contributed by atoms with E-state index in [0.29, 0.717) is 18.4 Å². The Hall–Kier alpha value is -0.890. The van der Waals surface area contributed by atoms with Crippen LogP contribution < -0.4 is 0 Å². The number of aryl methyl sites for hydroxylation is 1. The maximum Gasteiger partial charge on any atom is 0.164 e. The monoisotopic (exact) mass is 184 g/mol. The molecule has 1 aliphatic rings. The molecule has 62 valence electrons. The van der Waals surface area contributed by atoms with Gasteiger partial charge in [0.15, 0.2) is 5.78 Å². The van der Waals surface area contributed by atoms with Crippen LogP contribution in [-0.2, 0) is 6.42 Å². The lowest BCUT2D eigenvalue weighted by atomic mass is 10.1. The number of hydrogen-bond donors (Lipinski definition) is 0. The molecule has 0 N–H and O–H groups in total. The first-order chi connectivity index (χ1) is 5.68. The van der Waals surface area contributed by atoms with Crippen LogP contribution >= 0.6 is 11.6 Å². The van der Waals surface area contributed by atoms with Crippen molar-refractivity contribution in [3.63, 3.8) is 0 Å². The van der Waals surface area contributed by atoms with Crippen molar-refractivity contribution in [2.45, 2.75) is 12.8 Å². The summed E-state index contributed by atoms with van der Waals surface area (Å²) in [6, 6.07) is 2.57. The summed E-state index contributed by atoms with van der Waals surface area (Å²) in [6.45, 7) is 0. The minimum atomic E-state index is -0.367. The lowest BCUT2D eigenvalue weighted by Gasteiger charge is -1.99. The molecular weight excluding hydrogens is 179 g/mol. The van der Waals surface area contributed by atoms with Gasteiger partial charge < -0.3 is 0 Å². The summed E-state index contributed by atoms with van der Waals surface area (Å²) in [5.74, 6) is -0.344. The van der Waals surface area contributed by atoms with Crippen LogP contribution in [0.25, 0.3) is 0 Å². The molecule has 3 heteroatoms. The Morgan fingerprint density at radius 1 is 1.33 bits per heavy atom. The van der Waals surface area contributed by atoms with E-state index in [0.717, 1.165) is 5.56 Å². The van der Waals surface area contributed by atoms with Crippen molar-refractivity contribution in [1.82, 2.24) is 0 Å². The fraction of sp³-hybridized carbons (Fsp3) is 0.222. The number of rotatable bonds is 0. The number of fused-ring (bicyclic) bond motifs is 1. The summed E-state index contributed by atoms with van der Waals surface area (Å²) in [6.07, 6.45) is 1.07. The van der Waals surface area contributed by atoms with Gasteiger partial charge in [-0.3, -0.25) is 4.79 Å². The van der Waals surface area contributed by atoms with E-state index >= 15 is 0 Å². The lowest BCUT2D eigenvalue weighted by molar-refractivity contribution is 0.0994. The molecule has 1 nitrogen and oxygen atoms in total. The third-order valence-electron chi connectivity index (χ3n) is 2.04. The van der Waals surface area contributed by atoms with Gasteiger partial charge in [0.2, 0.25) is 0 Å². The molecule has 0 atom stereocenters. The summed E-state index contributed by atoms with van der Waals surface area (Å²) < 4.78 is 12.8. The van der Waals surface area contributed by atoms with Crippen LogP contribution in [0.3, 0.4) is 0 Å². The fourth-order valence-electron chi connectivity index (χ4n) is 1.51. The van der Waals surface area contributed by atoms with Crippen LogP contribution in [0.4, 0.5) is 4.39 Å². The second kappa shape index (κ2) is 2.56. The van der Waals surface area contributed by atoms with Gasteiger partial charge >= 0.3 is 0 Å². The first-order valence-corrected chi connectivity index (χ1v) is 4.07. The van der Waals surface area contributed by atoms with Crippen molar-refractivity contribution in [3.8, 4) is 0 Å².